The van der Waals surface area contributed by atoms with E-state index in [1.165, 1.54) is 27.8 Å². The van der Waals surface area contributed by atoms with E-state index in [1.807, 2.05) is 17.5 Å². The van der Waals surface area contributed by atoms with E-state index in [2.05, 4.69) is 0 Å². The van der Waals surface area contributed by atoms with Gasteiger partial charge < -0.3 is 0 Å². The maximum absolute atomic E-state index is 12.5. The predicted molar refractivity (Wildman–Crippen MR) is 84.0 cm³/mol. The molecule has 0 atom stereocenters. The first-order chi connectivity index (χ1) is 9.95. The molecular weight excluding hydrogens is 306 g/mol. The molecule has 0 saturated carbocycles. The zero-order valence-electron chi connectivity index (χ0n) is 11.9. The van der Waals surface area contributed by atoms with Crippen molar-refractivity contribution >= 4 is 27.1 Å². The number of ketones is 1. The fourth-order valence-corrected chi connectivity index (χ4v) is 3.96. The van der Waals surface area contributed by atoms with Gasteiger partial charge in [-0.15, -0.1) is 11.3 Å². The van der Waals surface area contributed by atoms with Crippen molar-refractivity contribution in [1.82, 2.24) is 4.31 Å². The van der Waals surface area contributed by atoms with Gasteiger partial charge in [-0.1, -0.05) is 25.1 Å². The van der Waals surface area contributed by atoms with Crippen molar-refractivity contribution in [3.63, 3.8) is 0 Å². The molecule has 1 heterocycles. The Morgan fingerprint density at radius 3 is 2.62 bits per heavy atom. The molecule has 6 heteroatoms. The number of sulfonamides is 1. The van der Waals surface area contributed by atoms with E-state index in [0.717, 1.165) is 4.88 Å². The van der Waals surface area contributed by atoms with E-state index in [-0.39, 0.29) is 10.7 Å². The van der Waals surface area contributed by atoms with E-state index in [1.54, 1.807) is 26.1 Å². The van der Waals surface area contributed by atoms with Crippen LogP contribution in [0.25, 0.3) is 0 Å². The molecule has 0 radical (unpaired) electrons. The standard InChI is InChI=1S/C15H17NO3S2/c1-3-15(17)12-6-4-8-14(10-12)21(18,19)16(2)11-13-7-5-9-20-13/h4-10H,3,11H2,1-2H3. The van der Waals surface area contributed by atoms with Crippen LogP contribution in [0.15, 0.2) is 46.7 Å². The lowest BCUT2D eigenvalue weighted by atomic mass is 10.1. The third-order valence-corrected chi connectivity index (χ3v) is 5.80. The third kappa shape index (κ3) is 3.58. The number of Topliss-reactive ketones (excluding diaryl/α,β-unsaturated/α-hetero) is 1. The molecule has 21 heavy (non-hydrogen) atoms. The van der Waals surface area contributed by atoms with E-state index >= 15 is 0 Å². The highest BCUT2D eigenvalue weighted by molar-refractivity contribution is 7.89. The second-order valence-corrected chi connectivity index (χ2v) is 7.72. The van der Waals surface area contributed by atoms with E-state index in [4.69, 9.17) is 0 Å². The molecule has 0 saturated heterocycles. The Morgan fingerprint density at radius 2 is 2.00 bits per heavy atom. The van der Waals surface area contributed by atoms with E-state index < -0.39 is 10.0 Å². The van der Waals surface area contributed by atoms with Crippen LogP contribution in [0.2, 0.25) is 0 Å². The van der Waals surface area contributed by atoms with E-state index in [0.29, 0.717) is 18.5 Å². The molecule has 0 fully saturated rings. The summed E-state index contributed by atoms with van der Waals surface area (Å²) in [6.07, 6.45) is 0.356. The number of hydrogen-bond acceptors (Lipinski definition) is 4. The van der Waals surface area contributed by atoms with Crippen LogP contribution in [0.4, 0.5) is 0 Å². The van der Waals surface area contributed by atoms with Gasteiger partial charge in [0.2, 0.25) is 10.0 Å². The van der Waals surface area contributed by atoms with Gasteiger partial charge in [-0.3, -0.25) is 4.79 Å². The number of thiophene rings is 1. The average molecular weight is 323 g/mol. The first-order valence-corrected chi connectivity index (χ1v) is 8.89. The highest BCUT2D eigenvalue weighted by atomic mass is 32.2. The Kier molecular flexibility index (Phi) is 4.92. The first kappa shape index (κ1) is 15.9. The molecule has 0 aliphatic rings. The van der Waals surface area contributed by atoms with Gasteiger partial charge in [0.25, 0.3) is 0 Å². The molecular formula is C15H17NO3S2. The average Bonchev–Trinajstić information content (AvgIpc) is 2.99. The largest absolute Gasteiger partial charge is 0.294 e. The van der Waals surface area contributed by atoms with Crippen molar-refractivity contribution in [3.8, 4) is 0 Å². The topological polar surface area (TPSA) is 54.5 Å². The molecule has 0 aliphatic heterocycles. The van der Waals surface area contributed by atoms with E-state index in [9.17, 15) is 13.2 Å². The smallest absolute Gasteiger partial charge is 0.243 e. The number of rotatable bonds is 6. The first-order valence-electron chi connectivity index (χ1n) is 6.57. The molecule has 1 aromatic heterocycles. The highest BCUT2D eigenvalue weighted by Gasteiger charge is 2.22. The lowest BCUT2D eigenvalue weighted by molar-refractivity contribution is 0.0988. The number of carbonyl (C=O) groups excluding carboxylic acids is 1. The van der Waals surface area contributed by atoms with Crippen LogP contribution in [0.1, 0.15) is 28.6 Å². The summed E-state index contributed by atoms with van der Waals surface area (Å²) < 4.78 is 26.4. The van der Waals surface area contributed by atoms with Gasteiger partial charge in [0, 0.05) is 30.5 Å². The van der Waals surface area contributed by atoms with Crippen LogP contribution >= 0.6 is 11.3 Å². The summed E-state index contributed by atoms with van der Waals surface area (Å²) in [5.41, 5.74) is 0.433. The number of hydrogen-bond donors (Lipinski definition) is 0. The van der Waals surface area contributed by atoms with Crippen LogP contribution in [-0.2, 0) is 16.6 Å². The molecule has 0 aliphatic carbocycles. The maximum atomic E-state index is 12.5. The maximum Gasteiger partial charge on any atom is 0.243 e. The molecule has 0 spiro atoms. The van der Waals surface area contributed by atoms with Crippen LogP contribution in [0.5, 0.6) is 0 Å². The molecule has 0 bridgehead atoms. The molecule has 4 nitrogen and oxygen atoms in total. The van der Waals surface area contributed by atoms with Crippen molar-refractivity contribution in [2.75, 3.05) is 7.05 Å². The van der Waals surface area contributed by atoms with Gasteiger partial charge in [-0.05, 0) is 23.6 Å². The summed E-state index contributed by atoms with van der Waals surface area (Å²) in [5, 5.41) is 1.91. The monoisotopic (exact) mass is 323 g/mol. The SMILES string of the molecule is CCC(=O)c1cccc(S(=O)(=O)N(C)Cc2cccs2)c1. The Balaban J connectivity index is 2.28. The van der Waals surface area contributed by atoms with Gasteiger partial charge in [0.15, 0.2) is 5.78 Å². The zero-order valence-corrected chi connectivity index (χ0v) is 13.6. The van der Waals surface area contributed by atoms with Crippen LogP contribution in [0.3, 0.4) is 0 Å². The summed E-state index contributed by atoms with van der Waals surface area (Å²) >= 11 is 1.51. The minimum Gasteiger partial charge on any atom is -0.294 e. The van der Waals surface area contributed by atoms with Gasteiger partial charge >= 0.3 is 0 Å². The number of benzene rings is 1. The zero-order chi connectivity index (χ0) is 15.5. The second kappa shape index (κ2) is 6.51. The highest BCUT2D eigenvalue weighted by Crippen LogP contribution is 2.20. The summed E-state index contributed by atoms with van der Waals surface area (Å²) in [5.74, 6) is -0.0621. The van der Waals surface area contributed by atoms with Crippen LogP contribution < -0.4 is 0 Å². The molecule has 0 amide bonds. The summed E-state index contributed by atoms with van der Waals surface area (Å²) in [7, 11) is -2.05. The molecule has 2 rings (SSSR count). The summed E-state index contributed by atoms with van der Waals surface area (Å²) in [4.78, 5) is 12.8. The van der Waals surface area contributed by atoms with Crippen LogP contribution in [-0.4, -0.2) is 25.6 Å². The van der Waals surface area contributed by atoms with Crippen molar-refractivity contribution in [2.24, 2.45) is 0 Å². The minimum absolute atomic E-state index is 0.0621. The lowest BCUT2D eigenvalue weighted by Gasteiger charge is -2.16. The number of carbonyl (C=O) groups is 1. The number of nitrogens with zero attached hydrogens (tertiary/aromatic N) is 1. The normalized spacial score (nSPS) is 11.8. The Hall–Kier alpha value is -1.50. The predicted octanol–water partition coefficient (Wildman–Crippen LogP) is 3.16. The fraction of sp³-hybridized carbons (Fsp3) is 0.267. The Labute approximate surface area is 129 Å². The van der Waals surface area contributed by atoms with Crippen molar-refractivity contribution in [3.05, 3.63) is 52.2 Å². The lowest BCUT2D eigenvalue weighted by Crippen LogP contribution is -2.26. The Bertz CT molecular complexity index is 721. The van der Waals surface area contributed by atoms with Gasteiger partial charge in [-0.2, -0.15) is 4.31 Å². The molecule has 1 aromatic carbocycles. The van der Waals surface area contributed by atoms with Crippen molar-refractivity contribution in [1.29, 1.82) is 0 Å². The van der Waals surface area contributed by atoms with Gasteiger partial charge in [0.1, 0.15) is 0 Å². The molecule has 2 aromatic rings. The van der Waals surface area contributed by atoms with Crippen molar-refractivity contribution in [2.45, 2.75) is 24.8 Å². The summed E-state index contributed by atoms with van der Waals surface area (Å²) in [6, 6.07) is 10.0. The van der Waals surface area contributed by atoms with Crippen LogP contribution in [0, 0.1) is 0 Å². The summed E-state index contributed by atoms with van der Waals surface area (Å²) in [6.45, 7) is 2.08. The van der Waals surface area contributed by atoms with Gasteiger partial charge in [-0.25, -0.2) is 8.42 Å². The molecule has 0 N–H and O–H groups in total. The molecule has 112 valence electrons. The second-order valence-electron chi connectivity index (χ2n) is 4.65. The Morgan fingerprint density at radius 1 is 1.24 bits per heavy atom. The minimum atomic E-state index is -3.59. The third-order valence-electron chi connectivity index (χ3n) is 3.14. The van der Waals surface area contributed by atoms with Crippen molar-refractivity contribution < 1.29 is 13.2 Å². The molecule has 0 unspecified atom stereocenters. The van der Waals surface area contributed by atoms with Gasteiger partial charge in [0.05, 0.1) is 4.90 Å². The quantitative estimate of drug-likeness (QED) is 0.767. The fourth-order valence-electron chi connectivity index (χ4n) is 1.92.